The first-order valence-corrected chi connectivity index (χ1v) is 16.3. The lowest BCUT2D eigenvalue weighted by atomic mass is 10.0. The zero-order valence-electron chi connectivity index (χ0n) is 24.4. The molecule has 3 aromatic rings. The Hall–Kier alpha value is -3.43. The highest BCUT2D eigenvalue weighted by Crippen LogP contribution is 2.27. The molecular weight excluding hydrogens is 577 g/mol. The molecule has 10 heteroatoms. The topological polar surface area (TPSA) is 86.8 Å². The van der Waals surface area contributed by atoms with Crippen LogP contribution in [0.4, 0.5) is 10.1 Å². The summed E-state index contributed by atoms with van der Waals surface area (Å²) in [6.07, 6.45) is 3.17. The number of unbranched alkanes of at least 4 members (excludes halogenated alkanes) is 1. The van der Waals surface area contributed by atoms with E-state index in [4.69, 9.17) is 11.6 Å². The highest BCUT2D eigenvalue weighted by atomic mass is 35.5. The third kappa shape index (κ3) is 9.56. The molecule has 0 spiro atoms. The van der Waals surface area contributed by atoms with Crippen molar-refractivity contribution in [2.45, 2.75) is 58.5 Å². The minimum atomic E-state index is -3.68. The Labute approximate surface area is 253 Å². The van der Waals surface area contributed by atoms with E-state index in [1.807, 2.05) is 37.3 Å². The van der Waals surface area contributed by atoms with E-state index in [1.54, 1.807) is 43.3 Å². The summed E-state index contributed by atoms with van der Waals surface area (Å²) >= 11 is 6.15. The molecule has 3 aromatic carbocycles. The van der Waals surface area contributed by atoms with Gasteiger partial charge in [0.2, 0.25) is 21.8 Å². The number of halogens is 2. The second-order valence-corrected chi connectivity index (χ2v) is 12.7. The molecule has 1 atom stereocenters. The van der Waals surface area contributed by atoms with Gasteiger partial charge in [-0.05, 0) is 49.1 Å². The monoisotopic (exact) mass is 615 g/mol. The first kappa shape index (κ1) is 33.1. The average Bonchev–Trinajstić information content (AvgIpc) is 2.95. The largest absolute Gasteiger partial charge is 0.354 e. The van der Waals surface area contributed by atoms with Gasteiger partial charge in [-0.25, -0.2) is 12.8 Å². The van der Waals surface area contributed by atoms with Crippen molar-refractivity contribution < 1.29 is 22.4 Å². The van der Waals surface area contributed by atoms with Crippen LogP contribution in [0.15, 0.2) is 72.8 Å². The third-order valence-electron chi connectivity index (χ3n) is 6.99. The molecule has 0 aliphatic heterocycles. The van der Waals surface area contributed by atoms with E-state index in [2.05, 4.69) is 5.32 Å². The summed E-state index contributed by atoms with van der Waals surface area (Å²) in [6, 6.07) is 19.7. The minimum Gasteiger partial charge on any atom is -0.354 e. The van der Waals surface area contributed by atoms with Crippen molar-refractivity contribution >= 4 is 39.1 Å². The number of sulfonamides is 1. The van der Waals surface area contributed by atoms with E-state index < -0.39 is 21.9 Å². The number of nitrogens with one attached hydrogen (secondary N) is 1. The molecule has 0 fully saturated rings. The van der Waals surface area contributed by atoms with Gasteiger partial charge in [0.15, 0.2) is 0 Å². The molecule has 0 saturated heterocycles. The van der Waals surface area contributed by atoms with Crippen molar-refractivity contribution in [3.05, 3.63) is 100 Å². The van der Waals surface area contributed by atoms with E-state index in [1.165, 1.54) is 15.3 Å². The highest BCUT2D eigenvalue weighted by Gasteiger charge is 2.31. The van der Waals surface area contributed by atoms with Crippen LogP contribution < -0.4 is 9.62 Å². The normalized spacial score (nSPS) is 12.0. The minimum absolute atomic E-state index is 0.0331. The summed E-state index contributed by atoms with van der Waals surface area (Å²) in [5, 5.41) is 3.34. The second-order valence-electron chi connectivity index (χ2n) is 10.3. The molecule has 1 unspecified atom stereocenters. The summed E-state index contributed by atoms with van der Waals surface area (Å²) in [7, 11) is -3.68. The molecule has 42 heavy (non-hydrogen) atoms. The van der Waals surface area contributed by atoms with Gasteiger partial charge < -0.3 is 10.2 Å². The number of aryl methyl sites for hydroxylation is 1. The maximum Gasteiger partial charge on any atom is 0.243 e. The Morgan fingerprint density at radius 3 is 2.36 bits per heavy atom. The van der Waals surface area contributed by atoms with E-state index in [0.29, 0.717) is 17.3 Å². The molecule has 0 aliphatic rings. The van der Waals surface area contributed by atoms with Gasteiger partial charge in [0.1, 0.15) is 11.9 Å². The molecule has 3 rings (SSSR count). The Morgan fingerprint density at radius 1 is 1.00 bits per heavy atom. The summed E-state index contributed by atoms with van der Waals surface area (Å²) in [4.78, 5) is 28.8. The molecule has 0 saturated carbocycles. The summed E-state index contributed by atoms with van der Waals surface area (Å²) in [5.41, 5.74) is 2.32. The van der Waals surface area contributed by atoms with Crippen molar-refractivity contribution in [1.29, 1.82) is 0 Å². The van der Waals surface area contributed by atoms with Crippen LogP contribution in [0.25, 0.3) is 0 Å². The fourth-order valence-corrected chi connectivity index (χ4v) is 5.89. The molecule has 2 amide bonds. The third-order valence-corrected chi connectivity index (χ3v) is 8.41. The van der Waals surface area contributed by atoms with Gasteiger partial charge in [-0.2, -0.15) is 0 Å². The number of nitrogens with zero attached hydrogens (tertiary/aromatic N) is 2. The van der Waals surface area contributed by atoms with Crippen LogP contribution in [0.3, 0.4) is 0 Å². The number of amides is 2. The number of rotatable bonds is 15. The van der Waals surface area contributed by atoms with Crippen LogP contribution in [-0.4, -0.2) is 50.5 Å². The Morgan fingerprint density at radius 2 is 1.69 bits per heavy atom. The van der Waals surface area contributed by atoms with Gasteiger partial charge in [0.25, 0.3) is 0 Å². The van der Waals surface area contributed by atoms with Gasteiger partial charge >= 0.3 is 0 Å². The second kappa shape index (κ2) is 15.7. The van der Waals surface area contributed by atoms with Crippen molar-refractivity contribution in [1.82, 2.24) is 10.2 Å². The number of hydrogen-bond acceptors (Lipinski definition) is 4. The maximum absolute atomic E-state index is 14.8. The zero-order chi connectivity index (χ0) is 30.7. The number of benzene rings is 3. The molecule has 0 heterocycles. The molecule has 226 valence electrons. The highest BCUT2D eigenvalue weighted by molar-refractivity contribution is 7.92. The molecule has 0 radical (unpaired) electrons. The maximum atomic E-state index is 14.8. The standard InChI is InChI=1S/C32H39ClFN3O4S/c1-4-5-19-35-32(39)30(21-25-12-7-6-8-13-25)36(23-26-14-9-10-15-28(26)34)31(38)16-11-20-37(42(3,40)41)29-22-27(33)18-17-24(29)2/h6-10,12-15,17-18,22,30H,4-5,11,16,19-21,23H2,1-3H3,(H,35,39). The Balaban J connectivity index is 1.90. The van der Waals surface area contributed by atoms with Crippen LogP contribution in [0, 0.1) is 12.7 Å². The number of carbonyl (C=O) groups is 2. The van der Waals surface area contributed by atoms with Crippen molar-refractivity contribution in [3.63, 3.8) is 0 Å². The molecule has 1 N–H and O–H groups in total. The lowest BCUT2D eigenvalue weighted by molar-refractivity contribution is -0.141. The van der Waals surface area contributed by atoms with Gasteiger partial charge in [-0.15, -0.1) is 0 Å². The number of anilines is 1. The molecule has 0 aromatic heterocycles. The van der Waals surface area contributed by atoms with Gasteiger partial charge in [0.05, 0.1) is 11.9 Å². The number of hydrogen-bond donors (Lipinski definition) is 1. The van der Waals surface area contributed by atoms with Gasteiger partial charge in [-0.1, -0.05) is 79.5 Å². The summed E-state index contributed by atoms with van der Waals surface area (Å²) < 4.78 is 41.4. The average molecular weight is 616 g/mol. The summed E-state index contributed by atoms with van der Waals surface area (Å²) in [6.45, 7) is 4.20. The smallest absolute Gasteiger partial charge is 0.243 e. The quantitative estimate of drug-likeness (QED) is 0.216. The first-order chi connectivity index (χ1) is 20.0. The summed E-state index contributed by atoms with van der Waals surface area (Å²) in [5.74, 6) is -1.16. The molecule has 7 nitrogen and oxygen atoms in total. The van der Waals surface area contributed by atoms with E-state index in [0.717, 1.165) is 30.2 Å². The SMILES string of the molecule is CCCCNC(=O)C(Cc1ccccc1)N(Cc1ccccc1F)C(=O)CCCN(c1cc(Cl)ccc1C)S(C)(=O)=O. The van der Waals surface area contributed by atoms with Crippen LogP contribution >= 0.6 is 11.6 Å². The van der Waals surface area contributed by atoms with Crippen LogP contribution in [0.2, 0.25) is 5.02 Å². The lowest BCUT2D eigenvalue weighted by Gasteiger charge is -2.32. The molecular formula is C32H39ClFN3O4S. The van der Waals surface area contributed by atoms with Crippen LogP contribution in [-0.2, 0) is 32.6 Å². The van der Waals surface area contributed by atoms with E-state index in [9.17, 15) is 22.4 Å². The van der Waals surface area contributed by atoms with Crippen molar-refractivity contribution in [3.8, 4) is 0 Å². The fourth-order valence-electron chi connectivity index (χ4n) is 4.70. The first-order valence-electron chi connectivity index (χ1n) is 14.1. The van der Waals surface area contributed by atoms with Gasteiger partial charge in [-0.3, -0.25) is 13.9 Å². The van der Waals surface area contributed by atoms with Crippen molar-refractivity contribution in [2.24, 2.45) is 0 Å². The number of carbonyl (C=O) groups excluding carboxylic acids is 2. The molecule has 0 bridgehead atoms. The Bertz CT molecular complexity index is 1450. The van der Waals surface area contributed by atoms with Crippen LogP contribution in [0.1, 0.15) is 49.3 Å². The van der Waals surface area contributed by atoms with Crippen molar-refractivity contribution in [2.75, 3.05) is 23.7 Å². The Kier molecular flexibility index (Phi) is 12.4. The predicted octanol–water partition coefficient (Wildman–Crippen LogP) is 5.89. The lowest BCUT2D eigenvalue weighted by Crippen LogP contribution is -2.50. The fraction of sp³-hybridized carbons (Fsp3) is 0.375. The van der Waals surface area contributed by atoms with E-state index >= 15 is 0 Å². The van der Waals surface area contributed by atoms with Crippen LogP contribution in [0.5, 0.6) is 0 Å². The van der Waals surface area contributed by atoms with Gasteiger partial charge in [0, 0.05) is 43.1 Å². The predicted molar refractivity (Wildman–Crippen MR) is 166 cm³/mol. The zero-order valence-corrected chi connectivity index (χ0v) is 25.9. The van der Waals surface area contributed by atoms with E-state index in [-0.39, 0.29) is 49.7 Å². The molecule has 0 aliphatic carbocycles.